The molecule has 0 amide bonds. The predicted molar refractivity (Wildman–Crippen MR) is 88.6 cm³/mol. The third-order valence-electron chi connectivity index (χ3n) is 3.48. The molecule has 0 saturated carbocycles. The van der Waals surface area contributed by atoms with E-state index in [1.165, 1.54) is 13.2 Å². The van der Waals surface area contributed by atoms with E-state index in [1.807, 2.05) is 0 Å². The summed E-state index contributed by atoms with van der Waals surface area (Å²) in [5.41, 5.74) is -0.720. The fourth-order valence-electron chi connectivity index (χ4n) is 2.39. The highest BCUT2D eigenvalue weighted by molar-refractivity contribution is 6.35. The largest absolute Gasteiger partial charge is 0.393 e. The number of hydrogen-bond donors (Lipinski definition) is 2. The lowest BCUT2D eigenvalue weighted by Gasteiger charge is -2.35. The molecule has 0 aliphatic heterocycles. The minimum atomic E-state index is -1.72. The molecule has 2 aromatic carbocycles. The minimum Gasteiger partial charge on any atom is -0.393 e. The van der Waals surface area contributed by atoms with Crippen molar-refractivity contribution in [2.24, 2.45) is 0 Å². The maximum Gasteiger partial charge on any atom is 0.144 e. The zero-order chi connectivity index (χ0) is 16.3. The van der Waals surface area contributed by atoms with E-state index in [4.69, 9.17) is 39.5 Å². The van der Waals surface area contributed by atoms with Gasteiger partial charge < -0.3 is 14.9 Å². The summed E-state index contributed by atoms with van der Waals surface area (Å²) in [7, 11) is 1.45. The molecule has 0 bridgehead atoms. The zero-order valence-corrected chi connectivity index (χ0v) is 14.0. The molecule has 6 heteroatoms. The average Bonchev–Trinajstić information content (AvgIpc) is 2.49. The molecule has 118 valence electrons. The molecular weight excluding hydrogens is 347 g/mol. The molecule has 0 aromatic heterocycles. The van der Waals surface area contributed by atoms with Gasteiger partial charge in [-0.3, -0.25) is 0 Å². The van der Waals surface area contributed by atoms with Crippen LogP contribution in [-0.2, 0) is 10.3 Å². The van der Waals surface area contributed by atoms with Gasteiger partial charge in [0, 0.05) is 27.7 Å². The molecule has 0 spiro atoms. The van der Waals surface area contributed by atoms with Crippen molar-refractivity contribution < 1.29 is 14.9 Å². The van der Waals surface area contributed by atoms with E-state index in [0.29, 0.717) is 21.2 Å². The molecule has 2 aromatic rings. The van der Waals surface area contributed by atoms with E-state index < -0.39 is 18.3 Å². The van der Waals surface area contributed by atoms with Crippen LogP contribution in [-0.4, -0.2) is 23.9 Å². The van der Waals surface area contributed by atoms with Gasteiger partial charge in [0.15, 0.2) is 0 Å². The standard InChI is InChI=1S/C16H15Cl3O3/c1-22-15(10-2-4-11(17)5-3-10)16(21,9-20)13-7-6-12(18)8-14(13)19/h2-8,15,20-21H,9H2,1H3/t15-,16+/m0/s1. The second kappa shape index (κ2) is 7.18. The van der Waals surface area contributed by atoms with Gasteiger partial charge in [0.1, 0.15) is 11.7 Å². The molecule has 2 N–H and O–H groups in total. The van der Waals surface area contributed by atoms with Crippen LogP contribution in [0.2, 0.25) is 15.1 Å². The lowest BCUT2D eigenvalue weighted by Crippen LogP contribution is -2.38. The van der Waals surface area contributed by atoms with E-state index in [2.05, 4.69) is 0 Å². The van der Waals surface area contributed by atoms with Crippen LogP contribution in [0.25, 0.3) is 0 Å². The van der Waals surface area contributed by atoms with Crippen molar-refractivity contribution in [1.82, 2.24) is 0 Å². The van der Waals surface area contributed by atoms with Crippen LogP contribution in [0.15, 0.2) is 42.5 Å². The molecule has 22 heavy (non-hydrogen) atoms. The van der Waals surface area contributed by atoms with E-state index in [1.54, 1.807) is 36.4 Å². The molecule has 2 atom stereocenters. The number of rotatable bonds is 5. The van der Waals surface area contributed by atoms with Crippen molar-refractivity contribution in [3.05, 3.63) is 68.7 Å². The molecule has 0 heterocycles. The number of halogens is 3. The van der Waals surface area contributed by atoms with Crippen molar-refractivity contribution in [2.45, 2.75) is 11.7 Å². The molecular formula is C16H15Cl3O3. The maximum atomic E-state index is 11.0. The van der Waals surface area contributed by atoms with Crippen LogP contribution >= 0.6 is 34.8 Å². The monoisotopic (exact) mass is 360 g/mol. The summed E-state index contributed by atoms with van der Waals surface area (Å²) in [6.07, 6.45) is -0.826. The summed E-state index contributed by atoms with van der Waals surface area (Å²) in [6.45, 7) is -0.574. The summed E-state index contributed by atoms with van der Waals surface area (Å²) < 4.78 is 5.43. The molecule has 0 aliphatic rings. The van der Waals surface area contributed by atoms with Gasteiger partial charge in [-0.2, -0.15) is 0 Å². The number of aliphatic hydroxyl groups is 2. The summed E-state index contributed by atoms with van der Waals surface area (Å²) in [6, 6.07) is 11.5. The lowest BCUT2D eigenvalue weighted by atomic mass is 9.85. The highest BCUT2D eigenvalue weighted by atomic mass is 35.5. The van der Waals surface area contributed by atoms with Gasteiger partial charge in [-0.1, -0.05) is 53.0 Å². The number of benzene rings is 2. The minimum absolute atomic E-state index is 0.250. The van der Waals surface area contributed by atoms with Gasteiger partial charge in [-0.25, -0.2) is 0 Å². The Labute approximate surface area is 144 Å². The van der Waals surface area contributed by atoms with E-state index >= 15 is 0 Å². The smallest absolute Gasteiger partial charge is 0.144 e. The number of hydrogen-bond acceptors (Lipinski definition) is 3. The summed E-state index contributed by atoms with van der Waals surface area (Å²) >= 11 is 17.9. The SMILES string of the molecule is CO[C@@H](c1ccc(Cl)cc1)[C@@](O)(CO)c1ccc(Cl)cc1Cl. The van der Waals surface area contributed by atoms with Gasteiger partial charge in [0.05, 0.1) is 6.61 Å². The average molecular weight is 362 g/mol. The van der Waals surface area contributed by atoms with Crippen molar-refractivity contribution in [3.8, 4) is 0 Å². The zero-order valence-electron chi connectivity index (χ0n) is 11.8. The highest BCUT2D eigenvalue weighted by Gasteiger charge is 2.41. The predicted octanol–water partition coefficient (Wildman–Crippen LogP) is 4.21. The number of aliphatic hydroxyl groups excluding tert-OH is 1. The van der Waals surface area contributed by atoms with Crippen LogP contribution in [0.3, 0.4) is 0 Å². The van der Waals surface area contributed by atoms with Crippen molar-refractivity contribution in [1.29, 1.82) is 0 Å². The first kappa shape index (κ1) is 17.5. The lowest BCUT2D eigenvalue weighted by molar-refractivity contribution is -0.128. The van der Waals surface area contributed by atoms with Gasteiger partial charge in [0.25, 0.3) is 0 Å². The summed E-state index contributed by atoms with van der Waals surface area (Å²) in [5.74, 6) is 0. The molecule has 0 saturated heterocycles. The molecule has 2 rings (SSSR count). The second-order valence-electron chi connectivity index (χ2n) is 4.87. The second-order valence-corrected chi connectivity index (χ2v) is 6.15. The molecule has 0 unspecified atom stereocenters. The highest BCUT2D eigenvalue weighted by Crippen LogP contribution is 2.41. The summed E-state index contributed by atoms with van der Waals surface area (Å²) in [5, 5.41) is 22.1. The number of methoxy groups -OCH3 is 1. The third kappa shape index (κ3) is 3.40. The Kier molecular flexibility index (Phi) is 5.72. The number of ether oxygens (including phenoxy) is 1. The van der Waals surface area contributed by atoms with E-state index in [-0.39, 0.29) is 5.02 Å². The Morgan fingerprint density at radius 3 is 2.14 bits per heavy atom. The Morgan fingerprint density at radius 2 is 1.64 bits per heavy atom. The Bertz CT molecular complexity index is 646. The van der Waals surface area contributed by atoms with Gasteiger partial charge in [0.2, 0.25) is 0 Å². The Balaban J connectivity index is 2.52. The first-order valence-electron chi connectivity index (χ1n) is 6.49. The molecule has 0 fully saturated rings. The molecule has 0 radical (unpaired) electrons. The van der Waals surface area contributed by atoms with Crippen molar-refractivity contribution >= 4 is 34.8 Å². The van der Waals surface area contributed by atoms with Crippen LogP contribution in [0.1, 0.15) is 17.2 Å². The third-order valence-corrected chi connectivity index (χ3v) is 4.28. The van der Waals surface area contributed by atoms with Crippen LogP contribution < -0.4 is 0 Å². The maximum absolute atomic E-state index is 11.0. The van der Waals surface area contributed by atoms with Gasteiger partial charge >= 0.3 is 0 Å². The van der Waals surface area contributed by atoms with E-state index in [0.717, 1.165) is 0 Å². The Morgan fingerprint density at radius 1 is 1.05 bits per heavy atom. The topological polar surface area (TPSA) is 49.7 Å². The molecule has 3 nitrogen and oxygen atoms in total. The quantitative estimate of drug-likeness (QED) is 0.838. The van der Waals surface area contributed by atoms with Crippen LogP contribution in [0, 0.1) is 0 Å². The van der Waals surface area contributed by atoms with Crippen LogP contribution in [0.5, 0.6) is 0 Å². The normalized spacial score (nSPS) is 15.4. The van der Waals surface area contributed by atoms with Crippen molar-refractivity contribution in [3.63, 3.8) is 0 Å². The van der Waals surface area contributed by atoms with Gasteiger partial charge in [-0.05, 0) is 29.8 Å². The Hall–Kier alpha value is -0.810. The fraction of sp³-hybridized carbons (Fsp3) is 0.250. The molecule has 0 aliphatic carbocycles. The first-order valence-corrected chi connectivity index (χ1v) is 7.62. The van der Waals surface area contributed by atoms with Gasteiger partial charge in [-0.15, -0.1) is 0 Å². The van der Waals surface area contributed by atoms with E-state index in [9.17, 15) is 10.2 Å². The first-order chi connectivity index (χ1) is 10.4. The van der Waals surface area contributed by atoms with Crippen LogP contribution in [0.4, 0.5) is 0 Å². The summed E-state index contributed by atoms with van der Waals surface area (Å²) in [4.78, 5) is 0. The fourth-order valence-corrected chi connectivity index (χ4v) is 3.09. The van der Waals surface area contributed by atoms with Crippen molar-refractivity contribution in [2.75, 3.05) is 13.7 Å².